The van der Waals surface area contributed by atoms with Gasteiger partial charge < -0.3 is 10.3 Å². The molecule has 0 spiro atoms. The number of anilines is 1. The van der Waals surface area contributed by atoms with E-state index in [0.717, 1.165) is 11.4 Å². The monoisotopic (exact) mass is 367 g/mol. The summed E-state index contributed by atoms with van der Waals surface area (Å²) in [5, 5.41) is 2.40. The number of benzene rings is 3. The van der Waals surface area contributed by atoms with E-state index in [-0.39, 0.29) is 0 Å². The van der Waals surface area contributed by atoms with Gasteiger partial charge in [-0.1, -0.05) is 30.0 Å². The lowest BCUT2D eigenvalue weighted by Gasteiger charge is -2.09. The van der Waals surface area contributed by atoms with Crippen LogP contribution in [-0.4, -0.2) is 9.55 Å². The van der Waals surface area contributed by atoms with Crippen molar-refractivity contribution in [2.75, 3.05) is 5.73 Å². The van der Waals surface area contributed by atoms with E-state index >= 15 is 0 Å². The zero-order chi connectivity index (χ0) is 18.2. The number of pyridine rings is 1. The van der Waals surface area contributed by atoms with Gasteiger partial charge in [0, 0.05) is 44.3 Å². The number of hydrogen-bond donors (Lipinski definition) is 1. The number of fused-ring (bicyclic) bond motifs is 3. The number of nitrogens with two attached hydrogens (primary N) is 1. The molecule has 4 heteroatoms. The summed E-state index contributed by atoms with van der Waals surface area (Å²) in [6.45, 7) is 0. The molecule has 130 valence electrons. The first-order valence-electron chi connectivity index (χ1n) is 8.76. The fourth-order valence-electron chi connectivity index (χ4n) is 3.43. The van der Waals surface area contributed by atoms with Crippen LogP contribution < -0.4 is 5.73 Å². The number of aromatic nitrogens is 2. The van der Waals surface area contributed by atoms with Crippen molar-refractivity contribution >= 4 is 39.3 Å². The smallest absolute Gasteiger partial charge is 0.0571 e. The Labute approximate surface area is 161 Å². The zero-order valence-corrected chi connectivity index (χ0v) is 15.4. The lowest BCUT2D eigenvalue weighted by atomic mass is 10.2. The minimum absolute atomic E-state index is 0.788. The molecule has 0 saturated heterocycles. The molecule has 0 radical (unpaired) electrons. The van der Waals surface area contributed by atoms with Crippen molar-refractivity contribution in [3.05, 3.63) is 91.3 Å². The number of nitrogens with zero attached hydrogens (tertiary/aromatic N) is 2. The second-order valence-electron chi connectivity index (χ2n) is 6.41. The van der Waals surface area contributed by atoms with Crippen LogP contribution in [0.1, 0.15) is 0 Å². The highest BCUT2D eigenvalue weighted by atomic mass is 32.2. The number of para-hydroxylation sites is 1. The van der Waals surface area contributed by atoms with Crippen molar-refractivity contribution in [3.63, 3.8) is 0 Å². The first kappa shape index (κ1) is 16.0. The molecule has 27 heavy (non-hydrogen) atoms. The summed E-state index contributed by atoms with van der Waals surface area (Å²) in [5.74, 6) is 0. The van der Waals surface area contributed by atoms with Gasteiger partial charge in [-0.2, -0.15) is 0 Å². The Morgan fingerprint density at radius 1 is 0.704 bits per heavy atom. The van der Waals surface area contributed by atoms with Crippen LogP contribution in [0.2, 0.25) is 0 Å². The summed E-state index contributed by atoms with van der Waals surface area (Å²) in [7, 11) is 0. The van der Waals surface area contributed by atoms with Crippen molar-refractivity contribution in [3.8, 4) is 5.69 Å². The molecule has 3 aromatic carbocycles. The SMILES string of the molecule is Nc1ccc(Sc2ccc(-n3c4ccccc4c4cnccc43)cc2)cc1. The highest BCUT2D eigenvalue weighted by molar-refractivity contribution is 7.99. The van der Waals surface area contributed by atoms with Gasteiger partial charge >= 0.3 is 0 Å². The molecule has 5 aromatic rings. The van der Waals surface area contributed by atoms with Crippen molar-refractivity contribution in [2.24, 2.45) is 0 Å². The van der Waals surface area contributed by atoms with Crippen LogP contribution in [0.4, 0.5) is 5.69 Å². The summed E-state index contributed by atoms with van der Waals surface area (Å²) >= 11 is 1.73. The Hall–Kier alpha value is -3.24. The average molecular weight is 367 g/mol. The van der Waals surface area contributed by atoms with E-state index in [9.17, 15) is 0 Å². The first-order chi connectivity index (χ1) is 13.3. The molecule has 0 aliphatic rings. The van der Waals surface area contributed by atoms with Gasteiger partial charge in [0.05, 0.1) is 11.0 Å². The molecule has 5 rings (SSSR count). The minimum atomic E-state index is 0.788. The Morgan fingerprint density at radius 3 is 2.15 bits per heavy atom. The van der Waals surface area contributed by atoms with Gasteiger partial charge in [-0.25, -0.2) is 0 Å². The van der Waals surface area contributed by atoms with Gasteiger partial charge in [-0.05, 0) is 60.7 Å². The van der Waals surface area contributed by atoms with E-state index in [1.165, 1.54) is 31.6 Å². The van der Waals surface area contributed by atoms with Crippen LogP contribution in [-0.2, 0) is 0 Å². The molecule has 0 amide bonds. The molecule has 0 fully saturated rings. The maximum Gasteiger partial charge on any atom is 0.0571 e. The molecule has 0 bridgehead atoms. The average Bonchev–Trinajstić information content (AvgIpc) is 3.05. The number of hydrogen-bond acceptors (Lipinski definition) is 3. The van der Waals surface area contributed by atoms with Crippen molar-refractivity contribution in [1.29, 1.82) is 0 Å². The van der Waals surface area contributed by atoms with Gasteiger partial charge in [0.2, 0.25) is 0 Å². The predicted octanol–water partition coefficient (Wildman–Crippen LogP) is 5.91. The Morgan fingerprint density at radius 2 is 1.37 bits per heavy atom. The Kier molecular flexibility index (Phi) is 3.84. The molecule has 0 aliphatic heterocycles. The fraction of sp³-hybridized carbons (Fsp3) is 0. The molecule has 0 atom stereocenters. The second-order valence-corrected chi connectivity index (χ2v) is 7.56. The van der Waals surface area contributed by atoms with Gasteiger partial charge in [0.1, 0.15) is 0 Å². The van der Waals surface area contributed by atoms with Gasteiger partial charge in [0.25, 0.3) is 0 Å². The number of rotatable bonds is 3. The van der Waals surface area contributed by atoms with E-state index in [4.69, 9.17) is 5.73 Å². The normalized spacial score (nSPS) is 11.3. The molecule has 2 heterocycles. The standard InChI is InChI=1S/C23H17N3S/c24-16-5-9-18(10-6-16)27-19-11-7-17(8-12-19)26-22-4-2-1-3-20(22)21-15-25-14-13-23(21)26/h1-15H,24H2. The topological polar surface area (TPSA) is 43.8 Å². The van der Waals surface area contributed by atoms with Gasteiger partial charge in [0.15, 0.2) is 0 Å². The molecule has 2 N–H and O–H groups in total. The lowest BCUT2D eigenvalue weighted by molar-refractivity contribution is 1.16. The third-order valence-corrected chi connectivity index (χ3v) is 5.70. The molecule has 0 saturated carbocycles. The molecule has 3 nitrogen and oxygen atoms in total. The van der Waals surface area contributed by atoms with Crippen LogP contribution in [0.5, 0.6) is 0 Å². The largest absolute Gasteiger partial charge is 0.399 e. The summed E-state index contributed by atoms with van der Waals surface area (Å²) in [4.78, 5) is 6.69. The van der Waals surface area contributed by atoms with Gasteiger partial charge in [-0.3, -0.25) is 4.98 Å². The summed E-state index contributed by atoms with van der Waals surface area (Å²) in [5.41, 5.74) is 10.1. The van der Waals surface area contributed by atoms with Crippen LogP contribution in [0.3, 0.4) is 0 Å². The minimum Gasteiger partial charge on any atom is -0.399 e. The van der Waals surface area contributed by atoms with Crippen molar-refractivity contribution < 1.29 is 0 Å². The fourth-order valence-corrected chi connectivity index (χ4v) is 4.25. The van der Waals surface area contributed by atoms with Crippen molar-refractivity contribution in [2.45, 2.75) is 9.79 Å². The second kappa shape index (κ2) is 6.49. The van der Waals surface area contributed by atoms with E-state index in [1.807, 2.05) is 36.7 Å². The van der Waals surface area contributed by atoms with Crippen LogP contribution in [0.25, 0.3) is 27.5 Å². The van der Waals surface area contributed by atoms with E-state index < -0.39 is 0 Å². The summed E-state index contributed by atoms with van der Waals surface area (Å²) in [6, 6.07) is 27.2. The Balaban J connectivity index is 1.57. The third kappa shape index (κ3) is 2.84. The van der Waals surface area contributed by atoms with Crippen LogP contribution in [0.15, 0.2) is 101 Å². The first-order valence-corrected chi connectivity index (χ1v) is 9.58. The summed E-state index contributed by atoms with van der Waals surface area (Å²) in [6.07, 6.45) is 3.79. The molecular formula is C23H17N3S. The predicted molar refractivity (Wildman–Crippen MR) is 114 cm³/mol. The lowest BCUT2D eigenvalue weighted by Crippen LogP contribution is -1.93. The van der Waals surface area contributed by atoms with Crippen LogP contribution in [0, 0.1) is 0 Å². The number of nitrogen functional groups attached to an aromatic ring is 1. The zero-order valence-electron chi connectivity index (χ0n) is 14.5. The Bertz CT molecular complexity index is 1190. The van der Waals surface area contributed by atoms with E-state index in [2.05, 4.69) is 64.1 Å². The highest BCUT2D eigenvalue weighted by Gasteiger charge is 2.11. The maximum absolute atomic E-state index is 5.77. The summed E-state index contributed by atoms with van der Waals surface area (Å²) < 4.78 is 2.30. The van der Waals surface area contributed by atoms with Gasteiger partial charge in [-0.15, -0.1) is 0 Å². The molecule has 2 aromatic heterocycles. The molecule has 0 aliphatic carbocycles. The van der Waals surface area contributed by atoms with E-state index in [1.54, 1.807) is 11.8 Å². The molecule has 0 unspecified atom stereocenters. The van der Waals surface area contributed by atoms with Crippen molar-refractivity contribution in [1.82, 2.24) is 9.55 Å². The molecular weight excluding hydrogens is 350 g/mol. The maximum atomic E-state index is 5.77. The third-order valence-electron chi connectivity index (χ3n) is 4.68. The van der Waals surface area contributed by atoms with E-state index in [0.29, 0.717) is 0 Å². The van der Waals surface area contributed by atoms with Crippen LogP contribution >= 0.6 is 11.8 Å². The highest BCUT2D eigenvalue weighted by Crippen LogP contribution is 2.33. The quantitative estimate of drug-likeness (QED) is 0.403.